The fourth-order valence-electron chi connectivity index (χ4n) is 2.96. The number of halogens is 1. The second kappa shape index (κ2) is 9.69. The van der Waals surface area contributed by atoms with Crippen molar-refractivity contribution in [1.82, 2.24) is 0 Å². The molecule has 0 spiro atoms. The summed E-state index contributed by atoms with van der Waals surface area (Å²) in [7, 11) is 0. The van der Waals surface area contributed by atoms with Crippen LogP contribution < -0.4 is 9.64 Å². The maximum Gasteiger partial charge on any atom is 0.271 e. The fraction of sp³-hybridized carbons (Fsp3) is 0.0400. The van der Waals surface area contributed by atoms with Crippen LogP contribution in [-0.4, -0.2) is 17.7 Å². The van der Waals surface area contributed by atoms with Crippen molar-refractivity contribution >= 4 is 56.2 Å². The van der Waals surface area contributed by atoms with Crippen LogP contribution >= 0.6 is 27.7 Å². The van der Waals surface area contributed by atoms with Gasteiger partial charge in [-0.2, -0.15) is 0 Å². The van der Waals surface area contributed by atoms with Crippen molar-refractivity contribution in [3.63, 3.8) is 0 Å². The molecule has 1 heterocycles. The summed E-state index contributed by atoms with van der Waals surface area (Å²) in [5.41, 5.74) is 2.43. The van der Waals surface area contributed by atoms with E-state index in [2.05, 4.69) is 21.9 Å². The van der Waals surface area contributed by atoms with Crippen LogP contribution in [-0.2, 0) is 4.79 Å². The molecule has 1 amide bonds. The van der Waals surface area contributed by atoms with Crippen molar-refractivity contribution in [3.8, 4) is 18.1 Å². The third-order valence-corrected chi connectivity index (χ3v) is 5.95. The second-order valence-corrected chi connectivity index (χ2v) is 8.36. The van der Waals surface area contributed by atoms with Gasteiger partial charge in [-0.1, -0.05) is 48.4 Å². The Kier molecular flexibility index (Phi) is 6.56. The third-order valence-electron chi connectivity index (χ3n) is 4.37. The number of anilines is 1. The number of terminal acetylenes is 1. The standard InChI is InChI=1S/C25H17BrN2O2S/c1-2-15-30-22-14-13-18(16-21(22)26)17-23-24(29)28(20-11-7-4-8-12-20)25(31-23)27-19-9-5-3-6-10-19/h1,3-14,16-17H,15H2/b23-17+,27-25?. The number of thioether (sulfide) groups is 1. The highest BCUT2D eigenvalue weighted by atomic mass is 79.9. The zero-order valence-electron chi connectivity index (χ0n) is 16.4. The molecule has 1 aliphatic heterocycles. The molecule has 4 nitrogen and oxygen atoms in total. The highest BCUT2D eigenvalue weighted by Crippen LogP contribution is 2.38. The summed E-state index contributed by atoms with van der Waals surface area (Å²) in [6, 6.07) is 24.7. The van der Waals surface area contributed by atoms with Gasteiger partial charge in [-0.05, 0) is 75.7 Å². The molecule has 0 aliphatic carbocycles. The summed E-state index contributed by atoms with van der Waals surface area (Å²) < 4.78 is 6.26. The number of nitrogens with zero attached hydrogens (tertiary/aromatic N) is 2. The molecular weight excluding hydrogens is 472 g/mol. The Hall–Kier alpha value is -3.27. The Balaban J connectivity index is 1.70. The first kappa shape index (κ1) is 21.0. The lowest BCUT2D eigenvalue weighted by molar-refractivity contribution is -0.113. The van der Waals surface area contributed by atoms with Crippen LogP contribution in [0.2, 0.25) is 0 Å². The molecule has 6 heteroatoms. The first-order valence-electron chi connectivity index (χ1n) is 9.44. The van der Waals surface area contributed by atoms with Crippen molar-refractivity contribution in [2.24, 2.45) is 4.99 Å². The number of hydrogen-bond acceptors (Lipinski definition) is 4. The molecule has 0 bridgehead atoms. The van der Waals surface area contributed by atoms with Gasteiger partial charge < -0.3 is 4.74 Å². The Labute approximate surface area is 193 Å². The summed E-state index contributed by atoms with van der Waals surface area (Å²) in [4.78, 5) is 20.2. The molecule has 0 N–H and O–H groups in total. The predicted octanol–water partition coefficient (Wildman–Crippen LogP) is 6.27. The van der Waals surface area contributed by atoms with Crippen molar-refractivity contribution in [2.45, 2.75) is 0 Å². The number of aliphatic imine (C=N–C) groups is 1. The number of amidine groups is 1. The van der Waals surface area contributed by atoms with E-state index in [9.17, 15) is 4.79 Å². The minimum atomic E-state index is -0.116. The fourth-order valence-corrected chi connectivity index (χ4v) is 4.47. The number of carbonyl (C=O) groups excluding carboxylic acids is 1. The number of amides is 1. The van der Waals surface area contributed by atoms with E-state index in [0.717, 1.165) is 21.4 Å². The molecule has 3 aromatic rings. The normalized spacial score (nSPS) is 16.0. The van der Waals surface area contributed by atoms with Crippen LogP contribution in [0.4, 0.5) is 11.4 Å². The van der Waals surface area contributed by atoms with Gasteiger partial charge in [0.15, 0.2) is 5.17 Å². The molecule has 4 rings (SSSR count). The van der Waals surface area contributed by atoms with E-state index in [1.54, 1.807) is 4.90 Å². The molecule has 1 fully saturated rings. The molecule has 152 valence electrons. The minimum absolute atomic E-state index is 0.116. The van der Waals surface area contributed by atoms with Crippen LogP contribution in [0.5, 0.6) is 5.75 Å². The van der Waals surface area contributed by atoms with Crippen LogP contribution in [0, 0.1) is 12.3 Å². The van der Waals surface area contributed by atoms with E-state index in [0.29, 0.717) is 15.8 Å². The van der Waals surface area contributed by atoms with E-state index >= 15 is 0 Å². The molecule has 0 saturated carbocycles. The lowest BCUT2D eigenvalue weighted by Crippen LogP contribution is -2.28. The van der Waals surface area contributed by atoms with E-state index in [1.807, 2.05) is 84.9 Å². The molecule has 1 aliphatic rings. The highest BCUT2D eigenvalue weighted by molar-refractivity contribution is 9.10. The third kappa shape index (κ3) is 4.91. The molecule has 0 atom stereocenters. The summed E-state index contributed by atoms with van der Waals surface area (Å²) in [6.07, 6.45) is 7.11. The molecule has 0 aromatic heterocycles. The largest absolute Gasteiger partial charge is 0.480 e. The van der Waals surface area contributed by atoms with Crippen molar-refractivity contribution < 1.29 is 9.53 Å². The average Bonchev–Trinajstić information content (AvgIpc) is 3.09. The molecule has 0 unspecified atom stereocenters. The summed E-state index contributed by atoms with van der Waals surface area (Å²) >= 11 is 4.85. The maximum absolute atomic E-state index is 13.3. The van der Waals surface area contributed by atoms with E-state index < -0.39 is 0 Å². The van der Waals surface area contributed by atoms with Gasteiger partial charge in [0.2, 0.25) is 0 Å². The van der Waals surface area contributed by atoms with Gasteiger partial charge >= 0.3 is 0 Å². The number of para-hydroxylation sites is 2. The number of rotatable bonds is 5. The van der Waals surface area contributed by atoms with Crippen LogP contribution in [0.3, 0.4) is 0 Å². The first-order valence-corrected chi connectivity index (χ1v) is 11.1. The number of hydrogen-bond donors (Lipinski definition) is 0. The maximum atomic E-state index is 13.3. The van der Waals surface area contributed by atoms with Gasteiger partial charge in [-0.25, -0.2) is 4.99 Å². The van der Waals surface area contributed by atoms with Gasteiger partial charge in [-0.15, -0.1) is 6.42 Å². The first-order chi connectivity index (χ1) is 15.2. The number of benzene rings is 3. The van der Waals surface area contributed by atoms with E-state index in [-0.39, 0.29) is 12.5 Å². The molecular formula is C25H17BrN2O2S. The number of ether oxygens (including phenoxy) is 1. The van der Waals surface area contributed by atoms with Gasteiger partial charge in [-0.3, -0.25) is 9.69 Å². The van der Waals surface area contributed by atoms with E-state index in [1.165, 1.54) is 11.8 Å². The second-order valence-electron chi connectivity index (χ2n) is 6.50. The SMILES string of the molecule is C#CCOc1ccc(/C=C2/SC(=Nc3ccccc3)N(c3ccccc3)C2=O)cc1Br. The minimum Gasteiger partial charge on any atom is -0.480 e. The average molecular weight is 489 g/mol. The van der Waals surface area contributed by atoms with Gasteiger partial charge in [0, 0.05) is 0 Å². The topological polar surface area (TPSA) is 41.9 Å². The summed E-state index contributed by atoms with van der Waals surface area (Å²) in [5, 5.41) is 0.613. The number of carbonyl (C=O) groups is 1. The zero-order valence-corrected chi connectivity index (χ0v) is 18.8. The monoisotopic (exact) mass is 488 g/mol. The molecule has 1 saturated heterocycles. The lowest BCUT2D eigenvalue weighted by Gasteiger charge is -2.15. The molecule has 3 aromatic carbocycles. The highest BCUT2D eigenvalue weighted by Gasteiger charge is 2.34. The van der Waals surface area contributed by atoms with Crippen LogP contribution in [0.15, 0.2) is 93.2 Å². The van der Waals surface area contributed by atoms with Gasteiger partial charge in [0.25, 0.3) is 5.91 Å². The van der Waals surface area contributed by atoms with Crippen molar-refractivity contribution in [1.29, 1.82) is 0 Å². The Morgan fingerprint density at radius 2 is 1.77 bits per heavy atom. The van der Waals surface area contributed by atoms with Crippen LogP contribution in [0.25, 0.3) is 6.08 Å². The molecule has 31 heavy (non-hydrogen) atoms. The zero-order chi connectivity index (χ0) is 21.6. The smallest absolute Gasteiger partial charge is 0.271 e. The summed E-state index contributed by atoms with van der Waals surface area (Å²) in [6.45, 7) is 0.193. The Bertz CT molecular complexity index is 1200. The Morgan fingerprint density at radius 3 is 2.45 bits per heavy atom. The summed E-state index contributed by atoms with van der Waals surface area (Å²) in [5.74, 6) is 2.99. The van der Waals surface area contributed by atoms with E-state index in [4.69, 9.17) is 16.2 Å². The predicted molar refractivity (Wildman–Crippen MR) is 132 cm³/mol. The van der Waals surface area contributed by atoms with Crippen molar-refractivity contribution in [3.05, 3.63) is 93.8 Å². The van der Waals surface area contributed by atoms with Crippen molar-refractivity contribution in [2.75, 3.05) is 11.5 Å². The van der Waals surface area contributed by atoms with Gasteiger partial charge in [0.05, 0.1) is 20.8 Å². The van der Waals surface area contributed by atoms with Gasteiger partial charge in [0.1, 0.15) is 12.4 Å². The molecule has 0 radical (unpaired) electrons. The Morgan fingerprint density at radius 1 is 1.06 bits per heavy atom. The lowest BCUT2D eigenvalue weighted by atomic mass is 10.2. The quantitative estimate of drug-likeness (QED) is 0.314. The van der Waals surface area contributed by atoms with Crippen LogP contribution in [0.1, 0.15) is 5.56 Å².